The number of methoxy groups -OCH3 is 1. The number of rotatable bonds is 2. The van der Waals surface area contributed by atoms with Gasteiger partial charge in [-0.15, -0.1) is 0 Å². The van der Waals surface area contributed by atoms with Crippen LogP contribution in [0.25, 0.3) is 32.3 Å². The third kappa shape index (κ3) is 1.96. The van der Waals surface area contributed by atoms with Crippen LogP contribution in [0.1, 0.15) is 10.4 Å². The topological polar surface area (TPSA) is 69.4 Å². The van der Waals surface area contributed by atoms with Crippen LogP contribution in [0.5, 0.6) is 0 Å². The highest BCUT2D eigenvalue weighted by atomic mass is 79.9. The summed E-state index contributed by atoms with van der Waals surface area (Å²) >= 11 is 3.43. The fourth-order valence-electron chi connectivity index (χ4n) is 3.24. The third-order valence-electron chi connectivity index (χ3n) is 4.26. The molecule has 118 valence electrons. The number of benzene rings is 4. The number of carbonyl (C=O) groups excluding carboxylic acids is 1. The highest BCUT2D eigenvalue weighted by molar-refractivity contribution is 9.10. The lowest BCUT2D eigenvalue weighted by molar-refractivity contribution is -0.383. The molecule has 0 unspecified atom stereocenters. The molecule has 0 aromatic heterocycles. The third-order valence-corrected chi connectivity index (χ3v) is 4.92. The number of non-ortho nitro benzene ring substituents is 1. The van der Waals surface area contributed by atoms with Crippen molar-refractivity contribution in [3.8, 4) is 0 Å². The first kappa shape index (κ1) is 14.8. The van der Waals surface area contributed by atoms with Crippen molar-refractivity contribution in [1.82, 2.24) is 0 Å². The minimum Gasteiger partial charge on any atom is -0.465 e. The lowest BCUT2D eigenvalue weighted by Gasteiger charge is -2.13. The van der Waals surface area contributed by atoms with E-state index in [0.717, 1.165) is 26.9 Å². The minimum absolute atomic E-state index is 0.0563. The standard InChI is InChI=1S/C18H10BrNO4/c1-24-18(21)11-6-9-2-4-12-14(19)8-15(20(22)23)13-5-3-10(7-11)16(9)17(12)13/h2-8H,1H3. The van der Waals surface area contributed by atoms with Crippen LogP contribution in [0.2, 0.25) is 0 Å². The van der Waals surface area contributed by atoms with Crippen molar-refractivity contribution in [3.63, 3.8) is 0 Å². The van der Waals surface area contributed by atoms with E-state index in [9.17, 15) is 14.9 Å². The summed E-state index contributed by atoms with van der Waals surface area (Å²) in [5.41, 5.74) is 0.512. The van der Waals surface area contributed by atoms with E-state index < -0.39 is 5.97 Å². The summed E-state index contributed by atoms with van der Waals surface area (Å²) in [5.74, 6) is -0.410. The van der Waals surface area contributed by atoms with Crippen LogP contribution in [0, 0.1) is 10.1 Å². The van der Waals surface area contributed by atoms with E-state index in [1.807, 2.05) is 12.1 Å². The minimum atomic E-state index is -0.410. The number of nitro groups is 1. The van der Waals surface area contributed by atoms with Crippen LogP contribution in [0.3, 0.4) is 0 Å². The maximum atomic E-state index is 11.9. The molecule has 0 N–H and O–H groups in total. The molecule has 4 aromatic carbocycles. The number of carbonyl (C=O) groups is 1. The molecule has 0 atom stereocenters. The van der Waals surface area contributed by atoms with Crippen molar-refractivity contribution in [3.05, 3.63) is 62.6 Å². The Morgan fingerprint density at radius 3 is 2.25 bits per heavy atom. The Morgan fingerprint density at radius 1 is 1.04 bits per heavy atom. The van der Waals surface area contributed by atoms with E-state index in [1.54, 1.807) is 24.3 Å². The van der Waals surface area contributed by atoms with Gasteiger partial charge in [0.05, 0.1) is 23.0 Å². The van der Waals surface area contributed by atoms with Crippen LogP contribution in [0.15, 0.2) is 46.9 Å². The molecule has 0 aliphatic carbocycles. The van der Waals surface area contributed by atoms with Crippen LogP contribution >= 0.6 is 15.9 Å². The van der Waals surface area contributed by atoms with Gasteiger partial charge in [0.2, 0.25) is 0 Å². The Hall–Kier alpha value is -2.73. The van der Waals surface area contributed by atoms with Crippen molar-refractivity contribution in [1.29, 1.82) is 0 Å². The molecule has 0 radical (unpaired) electrons. The highest BCUT2D eigenvalue weighted by Crippen LogP contribution is 2.42. The van der Waals surface area contributed by atoms with Gasteiger partial charge in [-0.25, -0.2) is 4.79 Å². The van der Waals surface area contributed by atoms with Crippen molar-refractivity contribution in [2.75, 3.05) is 7.11 Å². The first-order valence-corrected chi connectivity index (χ1v) is 7.94. The first-order valence-electron chi connectivity index (χ1n) is 7.15. The van der Waals surface area contributed by atoms with Crippen LogP contribution in [-0.2, 0) is 4.74 Å². The molecule has 0 bridgehead atoms. The molecular formula is C18H10BrNO4. The molecule has 6 heteroatoms. The van der Waals surface area contributed by atoms with Crippen molar-refractivity contribution < 1.29 is 14.5 Å². The SMILES string of the molecule is COC(=O)c1cc2ccc3c(Br)cc([N+](=O)[O-])c4ccc(c1)c2c34. The molecule has 0 spiro atoms. The zero-order valence-corrected chi connectivity index (χ0v) is 14.1. The molecule has 0 saturated heterocycles. The Kier molecular flexibility index (Phi) is 3.18. The largest absolute Gasteiger partial charge is 0.465 e. The second kappa shape index (κ2) is 5.14. The van der Waals surface area contributed by atoms with Crippen molar-refractivity contribution in [2.45, 2.75) is 0 Å². The fourth-order valence-corrected chi connectivity index (χ4v) is 3.79. The maximum absolute atomic E-state index is 11.9. The molecule has 0 amide bonds. The number of nitrogens with zero attached hydrogens (tertiary/aromatic N) is 1. The maximum Gasteiger partial charge on any atom is 0.337 e. The normalized spacial score (nSPS) is 11.4. The predicted octanol–water partition coefficient (Wildman–Crippen LogP) is 5.04. The van der Waals surface area contributed by atoms with E-state index in [0.29, 0.717) is 15.4 Å². The smallest absolute Gasteiger partial charge is 0.337 e. The van der Waals surface area contributed by atoms with Crippen molar-refractivity contribution >= 4 is 59.9 Å². The Balaban J connectivity index is 2.23. The van der Waals surface area contributed by atoms with Gasteiger partial charge in [-0.1, -0.05) is 18.2 Å². The molecule has 0 saturated carbocycles. The van der Waals surface area contributed by atoms with Gasteiger partial charge in [0.1, 0.15) is 0 Å². The van der Waals surface area contributed by atoms with Gasteiger partial charge < -0.3 is 4.74 Å². The van der Waals surface area contributed by atoms with Crippen LogP contribution < -0.4 is 0 Å². The average Bonchev–Trinajstić information content (AvgIpc) is 2.59. The molecule has 0 aliphatic rings. The summed E-state index contributed by atoms with van der Waals surface area (Å²) < 4.78 is 5.47. The van der Waals surface area contributed by atoms with Gasteiger partial charge in [-0.3, -0.25) is 10.1 Å². The van der Waals surface area contributed by atoms with Gasteiger partial charge in [0, 0.05) is 15.9 Å². The summed E-state index contributed by atoms with van der Waals surface area (Å²) in [6.45, 7) is 0. The number of hydrogen-bond donors (Lipinski definition) is 0. The first-order chi connectivity index (χ1) is 11.5. The zero-order valence-electron chi connectivity index (χ0n) is 12.5. The lowest BCUT2D eigenvalue weighted by Crippen LogP contribution is -2.01. The van der Waals surface area contributed by atoms with Crippen LogP contribution in [-0.4, -0.2) is 18.0 Å². The monoisotopic (exact) mass is 383 g/mol. The second-order valence-electron chi connectivity index (χ2n) is 5.52. The van der Waals surface area contributed by atoms with Gasteiger partial charge >= 0.3 is 5.97 Å². The Bertz CT molecular complexity index is 1130. The summed E-state index contributed by atoms with van der Waals surface area (Å²) in [4.78, 5) is 22.9. The zero-order chi connectivity index (χ0) is 17.0. The van der Waals surface area contributed by atoms with E-state index >= 15 is 0 Å². The summed E-state index contributed by atoms with van der Waals surface area (Å²) in [7, 11) is 1.34. The molecule has 0 heterocycles. The van der Waals surface area contributed by atoms with E-state index in [4.69, 9.17) is 4.74 Å². The fraction of sp³-hybridized carbons (Fsp3) is 0.0556. The lowest BCUT2D eigenvalue weighted by atomic mass is 9.92. The highest BCUT2D eigenvalue weighted by Gasteiger charge is 2.20. The Morgan fingerprint density at radius 2 is 1.67 bits per heavy atom. The molecule has 0 aliphatic heterocycles. The molecule has 24 heavy (non-hydrogen) atoms. The van der Waals surface area contributed by atoms with Crippen LogP contribution in [0.4, 0.5) is 5.69 Å². The van der Waals surface area contributed by atoms with E-state index in [2.05, 4.69) is 15.9 Å². The van der Waals surface area contributed by atoms with Gasteiger partial charge in [0.15, 0.2) is 0 Å². The number of nitro benzene ring substituents is 1. The molecule has 0 fully saturated rings. The number of halogens is 1. The quantitative estimate of drug-likeness (QED) is 0.210. The second-order valence-corrected chi connectivity index (χ2v) is 6.38. The summed E-state index contributed by atoms with van der Waals surface area (Å²) in [5, 5.41) is 16.3. The number of esters is 1. The summed E-state index contributed by atoms with van der Waals surface area (Å²) in [6.07, 6.45) is 0. The van der Waals surface area contributed by atoms with Crippen molar-refractivity contribution in [2.24, 2.45) is 0 Å². The van der Waals surface area contributed by atoms with Gasteiger partial charge in [-0.05, 0) is 55.7 Å². The van der Waals surface area contributed by atoms with E-state index in [-0.39, 0.29) is 10.6 Å². The molecular weight excluding hydrogens is 374 g/mol. The van der Waals surface area contributed by atoms with E-state index in [1.165, 1.54) is 13.2 Å². The Labute approximate surface area is 144 Å². The molecule has 4 aromatic rings. The average molecular weight is 384 g/mol. The predicted molar refractivity (Wildman–Crippen MR) is 95.8 cm³/mol. The number of hydrogen-bond acceptors (Lipinski definition) is 4. The summed E-state index contributed by atoms with van der Waals surface area (Å²) in [6, 6.07) is 12.4. The molecule has 4 rings (SSSR count). The van der Waals surface area contributed by atoms with Gasteiger partial charge in [-0.2, -0.15) is 0 Å². The molecule has 5 nitrogen and oxygen atoms in total. The van der Waals surface area contributed by atoms with Gasteiger partial charge in [0.25, 0.3) is 5.69 Å². The number of ether oxygens (including phenoxy) is 1.